The lowest BCUT2D eigenvalue weighted by atomic mass is 10.2. The molecule has 0 saturated heterocycles. The summed E-state index contributed by atoms with van der Waals surface area (Å²) in [6.07, 6.45) is 1.59. The van der Waals surface area contributed by atoms with Crippen LogP contribution in [0.3, 0.4) is 0 Å². The predicted octanol–water partition coefficient (Wildman–Crippen LogP) is 1.94. The second-order valence-corrected chi connectivity index (χ2v) is 5.83. The Bertz CT molecular complexity index is 963. The van der Waals surface area contributed by atoms with Gasteiger partial charge in [0.25, 0.3) is 5.56 Å². The minimum absolute atomic E-state index is 0.204. The lowest BCUT2D eigenvalue weighted by Crippen LogP contribution is -2.32. The van der Waals surface area contributed by atoms with Crippen LogP contribution in [-0.4, -0.2) is 21.8 Å². The van der Waals surface area contributed by atoms with Crippen molar-refractivity contribution in [2.45, 2.75) is 6.54 Å². The minimum Gasteiger partial charge on any atom is -0.454 e. The van der Waals surface area contributed by atoms with Crippen molar-refractivity contribution in [1.82, 2.24) is 14.3 Å². The third-order valence-corrected chi connectivity index (χ3v) is 4.44. The molecule has 8 heteroatoms. The molecule has 23 heavy (non-hydrogen) atoms. The van der Waals surface area contributed by atoms with E-state index in [4.69, 9.17) is 9.47 Å². The Morgan fingerprint density at radius 1 is 1.30 bits per heavy atom. The van der Waals surface area contributed by atoms with Crippen LogP contribution < -0.4 is 20.3 Å². The molecule has 0 unspecified atom stereocenters. The fraction of sp³-hybridized carbons (Fsp3) is 0.133. The van der Waals surface area contributed by atoms with Crippen molar-refractivity contribution in [1.29, 1.82) is 0 Å². The maximum atomic E-state index is 12.2. The smallest absolute Gasteiger partial charge is 0.338 e. The van der Waals surface area contributed by atoms with Gasteiger partial charge in [0.2, 0.25) is 6.79 Å². The van der Waals surface area contributed by atoms with Crippen LogP contribution in [0, 0.1) is 0 Å². The summed E-state index contributed by atoms with van der Waals surface area (Å²) in [7, 11) is 0. The summed E-state index contributed by atoms with van der Waals surface area (Å²) in [5, 5.41) is 3.16. The van der Waals surface area contributed by atoms with Gasteiger partial charge >= 0.3 is 6.03 Å². The molecular weight excluding hydrogens is 318 g/mol. The molecule has 0 spiro atoms. The normalized spacial score (nSPS) is 12.5. The average molecular weight is 329 g/mol. The van der Waals surface area contributed by atoms with Crippen molar-refractivity contribution >= 4 is 27.8 Å². The topological polar surface area (TPSA) is 82.4 Å². The van der Waals surface area contributed by atoms with Crippen LogP contribution in [0.4, 0.5) is 4.79 Å². The van der Waals surface area contributed by atoms with Crippen LogP contribution >= 0.6 is 11.5 Å². The van der Waals surface area contributed by atoms with Crippen LogP contribution in [0.5, 0.6) is 11.5 Å². The van der Waals surface area contributed by atoms with E-state index in [1.807, 2.05) is 6.07 Å². The molecule has 0 bridgehead atoms. The van der Waals surface area contributed by atoms with Crippen LogP contribution in [0.1, 0.15) is 5.56 Å². The Morgan fingerprint density at radius 2 is 2.17 bits per heavy atom. The Kier molecular flexibility index (Phi) is 3.23. The van der Waals surface area contributed by atoms with Gasteiger partial charge in [0.1, 0.15) is 4.83 Å². The average Bonchev–Trinajstić information content (AvgIpc) is 3.17. The molecule has 3 heterocycles. The second-order valence-electron chi connectivity index (χ2n) is 4.89. The number of nitrogens with zero attached hydrogens (tertiary/aromatic N) is 2. The molecule has 1 aliphatic rings. The van der Waals surface area contributed by atoms with Gasteiger partial charge in [-0.15, -0.1) is 0 Å². The second kappa shape index (κ2) is 5.40. The van der Waals surface area contributed by atoms with Crippen LogP contribution in [-0.2, 0) is 6.54 Å². The third kappa shape index (κ3) is 2.42. The minimum atomic E-state index is -0.476. The summed E-state index contributed by atoms with van der Waals surface area (Å²) in [5.74, 6) is 1.34. The van der Waals surface area contributed by atoms with Gasteiger partial charge in [0.15, 0.2) is 11.5 Å². The van der Waals surface area contributed by atoms with Gasteiger partial charge in [-0.05, 0) is 41.4 Å². The molecule has 3 aromatic rings. The van der Waals surface area contributed by atoms with Crippen molar-refractivity contribution in [2.75, 3.05) is 6.79 Å². The Morgan fingerprint density at radius 3 is 3.04 bits per heavy atom. The van der Waals surface area contributed by atoms with Gasteiger partial charge in [0, 0.05) is 12.7 Å². The lowest BCUT2D eigenvalue weighted by molar-refractivity contribution is 0.174. The highest BCUT2D eigenvalue weighted by atomic mass is 32.1. The standard InChI is InChI=1S/C15H11N3O4S/c19-14-10-2-1-5-16-13(10)23-18(14)15(20)17-7-9-3-4-11-12(6-9)22-8-21-11/h1-6H,7-8H2,(H,17,20). The monoisotopic (exact) mass is 329 g/mol. The molecule has 1 N–H and O–H groups in total. The van der Waals surface area contributed by atoms with Crippen LogP contribution in [0.2, 0.25) is 0 Å². The number of hydrogen-bond acceptors (Lipinski definition) is 6. The molecule has 1 amide bonds. The quantitative estimate of drug-likeness (QED) is 0.777. The Balaban J connectivity index is 1.53. The predicted molar refractivity (Wildman–Crippen MR) is 84.1 cm³/mol. The zero-order chi connectivity index (χ0) is 15.8. The van der Waals surface area contributed by atoms with E-state index in [-0.39, 0.29) is 18.9 Å². The number of aromatic nitrogens is 2. The summed E-state index contributed by atoms with van der Waals surface area (Å²) >= 11 is 1.02. The van der Waals surface area contributed by atoms with Crippen molar-refractivity contribution in [3.63, 3.8) is 0 Å². The highest BCUT2D eigenvalue weighted by Gasteiger charge is 2.16. The number of nitrogens with one attached hydrogen (secondary N) is 1. The van der Waals surface area contributed by atoms with Gasteiger partial charge in [-0.3, -0.25) is 4.79 Å². The molecular formula is C15H11N3O4S. The zero-order valence-electron chi connectivity index (χ0n) is 11.8. The van der Waals surface area contributed by atoms with E-state index in [1.54, 1.807) is 30.5 Å². The number of carbonyl (C=O) groups is 1. The van der Waals surface area contributed by atoms with Crippen molar-refractivity contribution in [3.05, 3.63) is 52.4 Å². The molecule has 0 fully saturated rings. The largest absolute Gasteiger partial charge is 0.454 e. The maximum Gasteiger partial charge on any atom is 0.338 e. The molecule has 0 aliphatic carbocycles. The molecule has 1 aromatic carbocycles. The molecule has 2 aromatic heterocycles. The van der Waals surface area contributed by atoms with E-state index in [0.717, 1.165) is 21.1 Å². The summed E-state index contributed by atoms with van der Waals surface area (Å²) in [6, 6.07) is 8.28. The first kappa shape index (κ1) is 13.8. The summed E-state index contributed by atoms with van der Waals surface area (Å²) < 4.78 is 11.6. The summed E-state index contributed by atoms with van der Waals surface area (Å²) in [4.78, 5) is 29.0. The number of amides is 1. The highest BCUT2D eigenvalue weighted by molar-refractivity contribution is 7.14. The first-order valence-electron chi connectivity index (χ1n) is 6.86. The Hall–Kier alpha value is -2.87. The number of benzene rings is 1. The van der Waals surface area contributed by atoms with Gasteiger partial charge in [-0.25, -0.2) is 9.78 Å². The molecule has 116 valence electrons. The molecule has 1 aliphatic heterocycles. The molecule has 4 rings (SSSR count). The van der Waals surface area contributed by atoms with Gasteiger partial charge in [-0.2, -0.15) is 3.96 Å². The SMILES string of the molecule is O=C(NCc1ccc2c(c1)OCO2)n1sc2ncccc2c1=O. The maximum absolute atomic E-state index is 12.2. The number of hydrogen-bond donors (Lipinski definition) is 1. The van der Waals surface area contributed by atoms with Gasteiger partial charge in [0.05, 0.1) is 5.39 Å². The lowest BCUT2D eigenvalue weighted by Gasteiger charge is -2.05. The molecule has 7 nitrogen and oxygen atoms in total. The van der Waals surface area contributed by atoms with Crippen LogP contribution in [0.15, 0.2) is 41.3 Å². The first-order chi connectivity index (χ1) is 11.2. The van der Waals surface area contributed by atoms with Crippen molar-refractivity contribution in [3.8, 4) is 11.5 Å². The summed E-state index contributed by atoms with van der Waals surface area (Å²) in [5.41, 5.74) is 0.496. The van der Waals surface area contributed by atoms with E-state index in [9.17, 15) is 9.59 Å². The van der Waals surface area contributed by atoms with Crippen molar-refractivity contribution < 1.29 is 14.3 Å². The van der Waals surface area contributed by atoms with E-state index >= 15 is 0 Å². The van der Waals surface area contributed by atoms with E-state index in [2.05, 4.69) is 10.3 Å². The fourth-order valence-electron chi connectivity index (χ4n) is 2.30. The van der Waals surface area contributed by atoms with Crippen molar-refractivity contribution in [2.24, 2.45) is 0 Å². The van der Waals surface area contributed by atoms with Gasteiger partial charge in [-0.1, -0.05) is 6.07 Å². The van der Waals surface area contributed by atoms with E-state index < -0.39 is 6.03 Å². The third-order valence-electron chi connectivity index (χ3n) is 3.43. The van der Waals surface area contributed by atoms with E-state index in [0.29, 0.717) is 21.7 Å². The molecule has 0 saturated carbocycles. The number of fused-ring (bicyclic) bond motifs is 2. The number of carbonyl (C=O) groups excluding carboxylic acids is 1. The first-order valence-corrected chi connectivity index (χ1v) is 7.63. The molecule has 0 radical (unpaired) electrons. The number of pyridine rings is 1. The van der Waals surface area contributed by atoms with Gasteiger partial charge < -0.3 is 14.8 Å². The zero-order valence-corrected chi connectivity index (χ0v) is 12.6. The summed E-state index contributed by atoms with van der Waals surface area (Å²) in [6.45, 7) is 0.485. The fourth-order valence-corrected chi connectivity index (χ4v) is 3.16. The van der Waals surface area contributed by atoms with Crippen LogP contribution in [0.25, 0.3) is 10.2 Å². The Labute approximate surface area is 134 Å². The van der Waals surface area contributed by atoms with E-state index in [1.165, 1.54) is 0 Å². The highest BCUT2D eigenvalue weighted by Crippen LogP contribution is 2.32. The number of rotatable bonds is 2. The number of ether oxygens (including phenoxy) is 2. The molecule has 0 atom stereocenters.